The van der Waals surface area contributed by atoms with E-state index in [-0.39, 0.29) is 38.1 Å². The molecule has 0 rings (SSSR count). The topological polar surface area (TPSA) is 202 Å². The van der Waals surface area contributed by atoms with Gasteiger partial charge in [-0.25, -0.2) is 0 Å². The lowest BCUT2D eigenvalue weighted by Gasteiger charge is -2.19. The Morgan fingerprint density at radius 2 is 0.545 bits per heavy atom. The first kappa shape index (κ1) is 59.3. The van der Waals surface area contributed by atoms with Crippen LogP contribution in [0.25, 0.3) is 0 Å². The zero-order valence-corrected chi connectivity index (χ0v) is 38.0. The van der Waals surface area contributed by atoms with E-state index in [1.807, 2.05) is 0 Å². The molecule has 0 amide bonds. The summed E-state index contributed by atoms with van der Waals surface area (Å²) in [6.45, 7) is 4.53. The lowest BCUT2D eigenvalue weighted by atomic mass is 10.1. The van der Waals surface area contributed by atoms with Gasteiger partial charge in [-0.05, 0) is 77.0 Å². The average Bonchev–Trinajstić information content (AvgIpc) is 3.17. The maximum atomic E-state index is 9.33. The van der Waals surface area contributed by atoms with Gasteiger partial charge in [0, 0.05) is 10.4 Å². The molecule has 10 nitrogen and oxygen atoms in total. The van der Waals surface area contributed by atoms with Gasteiger partial charge in [-0.3, -0.25) is 8.42 Å². The number of aliphatic hydroxyl groups is 6. The first-order valence-corrected chi connectivity index (χ1v) is 28.2. The highest BCUT2D eigenvalue weighted by atomic mass is 32.3. The Balaban J connectivity index is -0.000000874. The van der Waals surface area contributed by atoms with E-state index < -0.39 is 24.9 Å². The number of aliphatic hydroxyl groups excluding tert-OH is 6. The second kappa shape index (κ2) is 45.1. The van der Waals surface area contributed by atoms with Crippen molar-refractivity contribution in [3.63, 3.8) is 0 Å². The van der Waals surface area contributed by atoms with Crippen molar-refractivity contribution >= 4 is 24.9 Å². The van der Waals surface area contributed by atoms with Gasteiger partial charge in [0.25, 0.3) is 0 Å². The highest BCUT2D eigenvalue weighted by Crippen LogP contribution is 2.57. The third kappa shape index (κ3) is 46.5. The molecule has 0 aromatic rings. The Hall–Kier alpha value is -0.0300. The van der Waals surface area contributed by atoms with Crippen LogP contribution in [0.5, 0.6) is 0 Å². The molecule has 0 unspecified atom stereocenters. The third-order valence-corrected chi connectivity index (χ3v) is 16.2. The van der Waals surface area contributed by atoms with Crippen LogP contribution in [0.1, 0.15) is 194 Å². The molecular weight excluding hydrogens is 758 g/mol. The lowest BCUT2D eigenvalue weighted by Crippen LogP contribution is -2.11. The van der Waals surface area contributed by atoms with Crippen molar-refractivity contribution in [3.8, 4) is 0 Å². The summed E-state index contributed by atoms with van der Waals surface area (Å²) < 4.78 is 34.1. The normalized spacial score (nSPS) is 12.3. The molecule has 6 N–H and O–H groups in total. The van der Waals surface area contributed by atoms with Crippen LogP contribution in [0.4, 0.5) is 0 Å². The van der Waals surface area contributed by atoms with Crippen LogP contribution in [-0.4, -0.2) is 98.6 Å². The summed E-state index contributed by atoms with van der Waals surface area (Å²) in [5, 5.41) is 56.0. The van der Waals surface area contributed by atoms with E-state index in [1.54, 1.807) is 0 Å². The summed E-state index contributed by atoms with van der Waals surface area (Å²) in [6.07, 6.45) is 46.9. The Kier molecular flexibility index (Phi) is 48.6. The van der Waals surface area contributed by atoms with Gasteiger partial charge in [0.15, 0.2) is 38.1 Å². The molecule has 0 saturated heterocycles. The second-order valence-corrected chi connectivity index (χ2v) is 24.0. The van der Waals surface area contributed by atoms with Crippen LogP contribution in [-0.2, 0) is 10.4 Å². The Morgan fingerprint density at radius 1 is 0.364 bits per heavy atom. The van der Waals surface area contributed by atoms with E-state index in [9.17, 15) is 30.6 Å². The molecule has 0 bridgehead atoms. The monoisotopic (exact) mass is 847 g/mol. The molecule has 55 heavy (non-hydrogen) atoms. The molecule has 0 spiro atoms. The Labute approximate surface area is 340 Å². The molecule has 0 saturated carbocycles. The van der Waals surface area contributed by atoms with E-state index in [1.165, 1.54) is 154 Å². The summed E-state index contributed by atoms with van der Waals surface area (Å²) in [5.41, 5.74) is 0. The van der Waals surface area contributed by atoms with Crippen molar-refractivity contribution in [2.75, 3.05) is 50.4 Å². The predicted octanol–water partition coefficient (Wildman–Crippen LogP) is 10.4. The number of hydrogen-bond acceptors (Lipinski definition) is 10. The highest BCUT2D eigenvalue weighted by Gasteiger charge is 2.35. The van der Waals surface area contributed by atoms with Crippen molar-refractivity contribution in [3.05, 3.63) is 24.3 Å². The number of rotatable bonds is 38. The molecule has 0 aliphatic rings. The molecule has 0 aromatic heterocycles. The fraction of sp³-hybridized carbons (Fsp3) is 0.905. The van der Waals surface area contributed by atoms with E-state index in [2.05, 4.69) is 38.2 Å². The quantitative estimate of drug-likeness (QED) is 0.0114. The van der Waals surface area contributed by atoms with Crippen LogP contribution in [0.3, 0.4) is 0 Å². The lowest BCUT2D eigenvalue weighted by molar-refractivity contribution is 0.310. The average molecular weight is 847 g/mol. The fourth-order valence-corrected chi connectivity index (χ4v) is 9.26. The van der Waals surface area contributed by atoms with Crippen LogP contribution >= 0.6 is 14.5 Å². The first-order valence-electron chi connectivity index (χ1n) is 21.8. The molecule has 0 atom stereocenters. The zero-order valence-electron chi connectivity index (χ0n) is 35.4. The van der Waals surface area contributed by atoms with E-state index >= 15 is 0 Å². The molecule has 13 heteroatoms. The molecule has 0 aliphatic carbocycles. The summed E-state index contributed by atoms with van der Waals surface area (Å²) in [7, 11) is -8.91. The van der Waals surface area contributed by atoms with Crippen LogP contribution in [0.2, 0.25) is 0 Å². The standard InChI is InChI=1S/2C21H44O3P.H2O4S/c2*1-2-3-4-5-6-7-8-9-10-11-12-13-14-15-16-17-18-25(19-22,20-23)21-24;1-5(2,3)4/h2*9-10,22-24H,2-8,11-21H2,1H3;(H2,1,2,3,4)/q2*+1;/p-2. The van der Waals surface area contributed by atoms with Gasteiger partial charge < -0.3 is 39.7 Å². The maximum Gasteiger partial charge on any atom is 0.158 e. The first-order chi connectivity index (χ1) is 26.5. The second-order valence-electron chi connectivity index (χ2n) is 15.3. The Morgan fingerprint density at radius 3 is 0.745 bits per heavy atom. The minimum atomic E-state index is -5.17. The van der Waals surface area contributed by atoms with E-state index in [0.29, 0.717) is 0 Å². The van der Waals surface area contributed by atoms with Crippen LogP contribution in [0, 0.1) is 0 Å². The minimum Gasteiger partial charge on any atom is -0.759 e. The van der Waals surface area contributed by atoms with E-state index in [0.717, 1.165) is 38.0 Å². The third-order valence-electron chi connectivity index (χ3n) is 10.1. The van der Waals surface area contributed by atoms with Crippen LogP contribution in [0.15, 0.2) is 24.3 Å². The van der Waals surface area contributed by atoms with Gasteiger partial charge in [0.1, 0.15) is 0 Å². The number of allylic oxidation sites excluding steroid dienone is 4. The largest absolute Gasteiger partial charge is 0.759 e. The van der Waals surface area contributed by atoms with Gasteiger partial charge in [-0.1, -0.05) is 141 Å². The molecule has 0 aliphatic heterocycles. The van der Waals surface area contributed by atoms with Crippen molar-refractivity contribution in [2.24, 2.45) is 0 Å². The van der Waals surface area contributed by atoms with Crippen molar-refractivity contribution < 1.29 is 48.2 Å². The zero-order chi connectivity index (χ0) is 41.8. The Bertz CT molecular complexity index is 831. The molecule has 0 radical (unpaired) electrons. The maximum absolute atomic E-state index is 9.33. The predicted molar refractivity (Wildman–Crippen MR) is 235 cm³/mol. The minimum absolute atomic E-state index is 0.0227. The van der Waals surface area contributed by atoms with Crippen molar-refractivity contribution in [1.29, 1.82) is 0 Å². The molecule has 0 fully saturated rings. The molecule has 0 heterocycles. The molecule has 0 aromatic carbocycles. The van der Waals surface area contributed by atoms with Gasteiger partial charge in [0.05, 0.1) is 26.8 Å². The van der Waals surface area contributed by atoms with E-state index in [4.69, 9.17) is 17.5 Å². The summed E-state index contributed by atoms with van der Waals surface area (Å²) in [4.78, 5) is 0. The van der Waals surface area contributed by atoms with Crippen molar-refractivity contribution in [2.45, 2.75) is 194 Å². The number of unbranched alkanes of at least 4 members (excludes halogenated alkanes) is 24. The van der Waals surface area contributed by atoms with Crippen molar-refractivity contribution in [1.82, 2.24) is 0 Å². The molecule has 332 valence electrons. The summed E-state index contributed by atoms with van der Waals surface area (Å²) in [6, 6.07) is 0. The van der Waals surface area contributed by atoms with Gasteiger partial charge in [-0.2, -0.15) is 0 Å². The van der Waals surface area contributed by atoms with Gasteiger partial charge in [0.2, 0.25) is 0 Å². The van der Waals surface area contributed by atoms with Gasteiger partial charge >= 0.3 is 0 Å². The number of hydrogen-bond donors (Lipinski definition) is 6. The summed E-state index contributed by atoms with van der Waals surface area (Å²) in [5.74, 6) is 0. The summed E-state index contributed by atoms with van der Waals surface area (Å²) >= 11 is 0. The smallest absolute Gasteiger partial charge is 0.158 e. The van der Waals surface area contributed by atoms with Crippen LogP contribution < -0.4 is 0 Å². The SMILES string of the molecule is CCCCCCCCC=CCCCCCCCC[P+](CO)(CO)CO.CCCCCCCCC=CCCCCCCCC[P+](CO)(CO)CO.O=S(=O)([O-])[O-]. The van der Waals surface area contributed by atoms with Gasteiger partial charge in [-0.15, -0.1) is 0 Å². The fourth-order valence-electron chi connectivity index (χ4n) is 6.08. The highest BCUT2D eigenvalue weighted by molar-refractivity contribution is 7.79. The molecular formula is C42H88O10P2S.